The van der Waals surface area contributed by atoms with Gasteiger partial charge in [-0.2, -0.15) is 0 Å². The molecule has 0 saturated carbocycles. The van der Waals surface area contributed by atoms with Crippen LogP contribution < -0.4 is 0 Å². The van der Waals surface area contributed by atoms with E-state index in [1.165, 1.54) is 22.3 Å². The van der Waals surface area contributed by atoms with Crippen LogP contribution in [-0.2, 0) is 5.41 Å². The first-order valence-electron chi connectivity index (χ1n) is 13.5. The van der Waals surface area contributed by atoms with Gasteiger partial charge in [0.05, 0.1) is 11.2 Å². The summed E-state index contributed by atoms with van der Waals surface area (Å²) in [5, 5.41) is 1.05. The van der Waals surface area contributed by atoms with Crippen molar-refractivity contribution in [1.29, 1.82) is 0 Å². The van der Waals surface area contributed by atoms with E-state index in [1.807, 2.05) is 13.0 Å². The van der Waals surface area contributed by atoms with Gasteiger partial charge in [0.25, 0.3) is 0 Å². The Labute approximate surface area is 229 Å². The Morgan fingerprint density at radius 1 is 0.538 bits per heavy atom. The Hall–Kier alpha value is -4.63. The monoisotopic (exact) mass is 503 g/mol. The van der Waals surface area contributed by atoms with Crippen LogP contribution in [0.2, 0.25) is 0 Å². The van der Waals surface area contributed by atoms with E-state index < -0.39 is 0 Å². The van der Waals surface area contributed by atoms with Crippen LogP contribution in [0.3, 0.4) is 0 Å². The van der Waals surface area contributed by atoms with E-state index in [4.69, 9.17) is 9.97 Å². The molecule has 2 aromatic heterocycles. The van der Waals surface area contributed by atoms with Gasteiger partial charge in [0, 0.05) is 38.9 Å². The van der Waals surface area contributed by atoms with Gasteiger partial charge in [-0.25, -0.2) is 9.97 Å². The third-order valence-corrected chi connectivity index (χ3v) is 8.14. The van der Waals surface area contributed by atoms with Gasteiger partial charge >= 0.3 is 0 Å². The second kappa shape index (κ2) is 8.71. The maximum absolute atomic E-state index is 5.17. The predicted octanol–water partition coefficient (Wildman–Crippen LogP) is 8.95. The average Bonchev–Trinajstić information content (AvgIpc) is 3.19. The Morgan fingerprint density at radius 2 is 1.21 bits per heavy atom. The lowest BCUT2D eigenvalue weighted by atomic mass is 9.82. The molecular weight excluding hydrogens is 474 g/mol. The van der Waals surface area contributed by atoms with E-state index in [1.54, 1.807) is 0 Å². The minimum absolute atomic E-state index is 0.0690. The molecule has 0 bridgehead atoms. The van der Waals surface area contributed by atoms with Gasteiger partial charge in [0.15, 0.2) is 5.82 Å². The van der Waals surface area contributed by atoms with Crippen molar-refractivity contribution in [2.45, 2.75) is 33.1 Å². The molecule has 4 aromatic carbocycles. The number of benzene rings is 4. The molecule has 0 spiro atoms. The van der Waals surface area contributed by atoms with Crippen molar-refractivity contribution in [2.24, 2.45) is 0 Å². The van der Waals surface area contributed by atoms with E-state index >= 15 is 0 Å². The zero-order valence-corrected chi connectivity index (χ0v) is 22.7. The first-order chi connectivity index (χ1) is 18.9. The van der Waals surface area contributed by atoms with Crippen LogP contribution in [0, 0.1) is 13.8 Å². The smallest absolute Gasteiger partial charge is 0.160 e. The van der Waals surface area contributed by atoms with Crippen molar-refractivity contribution in [3.8, 4) is 44.9 Å². The Balaban J connectivity index is 1.35. The van der Waals surface area contributed by atoms with E-state index in [0.29, 0.717) is 0 Å². The van der Waals surface area contributed by atoms with Crippen LogP contribution in [-0.4, -0.2) is 15.0 Å². The normalized spacial score (nSPS) is 13.3. The quantitative estimate of drug-likeness (QED) is 0.242. The summed E-state index contributed by atoms with van der Waals surface area (Å²) in [6, 6.07) is 36.6. The molecule has 6 aromatic rings. The third kappa shape index (κ3) is 3.77. The van der Waals surface area contributed by atoms with Gasteiger partial charge in [-0.15, -0.1) is 0 Å². The Morgan fingerprint density at radius 3 is 2.03 bits per heavy atom. The van der Waals surface area contributed by atoms with E-state index in [-0.39, 0.29) is 5.41 Å². The molecule has 0 saturated heterocycles. The fraction of sp³-hybridized carbons (Fsp3) is 0.139. The second-order valence-corrected chi connectivity index (χ2v) is 11.0. The van der Waals surface area contributed by atoms with Crippen molar-refractivity contribution in [3.05, 3.63) is 126 Å². The summed E-state index contributed by atoms with van der Waals surface area (Å²) in [6.07, 6.45) is 0. The van der Waals surface area contributed by atoms with Crippen LogP contribution in [0.25, 0.3) is 55.8 Å². The number of pyridine rings is 1. The lowest BCUT2D eigenvalue weighted by Crippen LogP contribution is -2.15. The van der Waals surface area contributed by atoms with Gasteiger partial charge in [0.1, 0.15) is 0 Å². The maximum atomic E-state index is 5.17. The highest BCUT2D eigenvalue weighted by atomic mass is 14.9. The molecule has 7 rings (SSSR count). The van der Waals surface area contributed by atoms with E-state index in [2.05, 4.69) is 123 Å². The minimum atomic E-state index is -0.0690. The summed E-state index contributed by atoms with van der Waals surface area (Å²) in [4.78, 5) is 14.8. The van der Waals surface area contributed by atoms with Crippen molar-refractivity contribution in [1.82, 2.24) is 15.0 Å². The molecule has 1 aliphatic rings. The van der Waals surface area contributed by atoms with Crippen molar-refractivity contribution >= 4 is 10.9 Å². The van der Waals surface area contributed by atoms with Gasteiger partial charge < -0.3 is 0 Å². The van der Waals surface area contributed by atoms with Gasteiger partial charge in [0.2, 0.25) is 0 Å². The Bertz CT molecular complexity index is 1900. The minimum Gasteiger partial charge on any atom is -0.258 e. The zero-order chi connectivity index (χ0) is 26.7. The van der Waals surface area contributed by atoms with Crippen LogP contribution in [0.4, 0.5) is 0 Å². The summed E-state index contributed by atoms with van der Waals surface area (Å²) >= 11 is 0. The molecule has 0 aliphatic heterocycles. The molecule has 0 fully saturated rings. The van der Waals surface area contributed by atoms with Crippen LogP contribution in [0.15, 0.2) is 103 Å². The standard InChI is InChI=1S/C36H29N3/c1-22-13-19-27(23(2)37-22)24-14-16-25(17-15-24)34-30-10-6-8-12-33(30)38-35(39-34)26-18-20-29-28-9-5-7-11-31(28)36(3,4)32(29)21-26/h5-21H,1-4H3. The van der Waals surface area contributed by atoms with E-state index in [0.717, 1.165) is 56.1 Å². The number of rotatable bonds is 3. The molecule has 39 heavy (non-hydrogen) atoms. The Kier molecular flexibility index (Phi) is 5.24. The number of aryl methyl sites for hydroxylation is 2. The average molecular weight is 504 g/mol. The topological polar surface area (TPSA) is 38.7 Å². The summed E-state index contributed by atoms with van der Waals surface area (Å²) < 4.78 is 0. The number of aromatic nitrogens is 3. The highest BCUT2D eigenvalue weighted by Crippen LogP contribution is 2.49. The molecule has 1 aliphatic carbocycles. The summed E-state index contributed by atoms with van der Waals surface area (Å²) in [5.41, 5.74) is 13.6. The molecule has 0 atom stereocenters. The summed E-state index contributed by atoms with van der Waals surface area (Å²) in [6.45, 7) is 8.71. The lowest BCUT2D eigenvalue weighted by Gasteiger charge is -2.21. The summed E-state index contributed by atoms with van der Waals surface area (Å²) in [7, 11) is 0. The van der Waals surface area contributed by atoms with Crippen molar-refractivity contribution in [2.75, 3.05) is 0 Å². The number of nitrogens with zero attached hydrogens (tertiary/aromatic N) is 3. The zero-order valence-electron chi connectivity index (χ0n) is 22.7. The molecule has 0 unspecified atom stereocenters. The molecule has 2 heterocycles. The van der Waals surface area contributed by atoms with Crippen LogP contribution in [0.5, 0.6) is 0 Å². The summed E-state index contributed by atoms with van der Waals surface area (Å²) in [5.74, 6) is 0.751. The largest absolute Gasteiger partial charge is 0.258 e. The third-order valence-electron chi connectivity index (χ3n) is 8.14. The fourth-order valence-corrected chi connectivity index (χ4v) is 6.07. The van der Waals surface area contributed by atoms with Crippen molar-refractivity contribution < 1.29 is 0 Å². The predicted molar refractivity (Wildman–Crippen MR) is 161 cm³/mol. The van der Waals surface area contributed by atoms with Gasteiger partial charge in [-0.05, 0) is 59.9 Å². The molecule has 0 radical (unpaired) electrons. The molecule has 3 heteroatoms. The number of hydrogen-bond acceptors (Lipinski definition) is 3. The SMILES string of the molecule is Cc1ccc(-c2ccc(-c3nc(-c4ccc5c(c4)C(C)(C)c4ccccc4-5)nc4ccccc34)cc2)c(C)n1. The van der Waals surface area contributed by atoms with Gasteiger partial charge in [-0.1, -0.05) is 98.8 Å². The number of fused-ring (bicyclic) bond motifs is 4. The highest BCUT2D eigenvalue weighted by Gasteiger charge is 2.35. The number of hydrogen-bond donors (Lipinski definition) is 0. The molecule has 0 amide bonds. The fourth-order valence-electron chi connectivity index (χ4n) is 6.07. The second-order valence-electron chi connectivity index (χ2n) is 11.0. The van der Waals surface area contributed by atoms with E-state index in [9.17, 15) is 0 Å². The number of para-hydroxylation sites is 1. The van der Waals surface area contributed by atoms with Crippen molar-refractivity contribution in [3.63, 3.8) is 0 Å². The maximum Gasteiger partial charge on any atom is 0.160 e. The first kappa shape index (κ1) is 23.5. The van der Waals surface area contributed by atoms with Gasteiger partial charge in [-0.3, -0.25) is 4.98 Å². The van der Waals surface area contributed by atoms with Crippen LogP contribution >= 0.6 is 0 Å². The van der Waals surface area contributed by atoms with Crippen LogP contribution in [0.1, 0.15) is 36.4 Å². The molecule has 0 N–H and O–H groups in total. The lowest BCUT2D eigenvalue weighted by molar-refractivity contribution is 0.660. The highest BCUT2D eigenvalue weighted by molar-refractivity contribution is 5.94. The first-order valence-corrected chi connectivity index (χ1v) is 13.5. The molecule has 3 nitrogen and oxygen atoms in total. The molecule has 188 valence electrons. The molecular formula is C36H29N3.